The van der Waals surface area contributed by atoms with Crippen LogP contribution in [-0.2, 0) is 9.59 Å². The second kappa shape index (κ2) is 6.00. The number of rotatable bonds is 4. The van der Waals surface area contributed by atoms with Crippen molar-refractivity contribution in [2.45, 2.75) is 33.2 Å². The Bertz CT molecular complexity index is 263. The minimum absolute atomic E-state index is 0.0934. The van der Waals surface area contributed by atoms with Gasteiger partial charge >= 0.3 is 12.0 Å². The molecule has 0 heterocycles. The predicted octanol–water partition coefficient (Wildman–Crippen LogP) is 0.428. The summed E-state index contributed by atoms with van der Waals surface area (Å²) in [6, 6.07) is -0.650. The van der Waals surface area contributed by atoms with Gasteiger partial charge in [-0.3, -0.25) is 14.5 Å². The van der Waals surface area contributed by atoms with E-state index in [1.54, 1.807) is 13.8 Å². The number of hydrogen-bond acceptors (Lipinski definition) is 3. The van der Waals surface area contributed by atoms with Crippen molar-refractivity contribution in [2.75, 3.05) is 6.54 Å². The van der Waals surface area contributed by atoms with E-state index in [1.807, 2.05) is 0 Å². The van der Waals surface area contributed by atoms with Crippen LogP contribution in [0, 0.1) is 0 Å². The molecule has 0 saturated heterocycles. The molecule has 0 spiro atoms. The molecule has 0 unspecified atom stereocenters. The number of carbonyl (C=O) groups excluding carboxylic acids is 2. The van der Waals surface area contributed by atoms with E-state index in [1.165, 1.54) is 6.92 Å². The summed E-state index contributed by atoms with van der Waals surface area (Å²) in [4.78, 5) is 33.6. The van der Waals surface area contributed by atoms with Gasteiger partial charge in [0.25, 0.3) is 0 Å². The van der Waals surface area contributed by atoms with Crippen molar-refractivity contribution in [2.24, 2.45) is 0 Å². The van der Waals surface area contributed by atoms with E-state index < -0.39 is 17.9 Å². The van der Waals surface area contributed by atoms with Crippen LogP contribution < -0.4 is 5.32 Å². The van der Waals surface area contributed by atoms with Gasteiger partial charge in [-0.15, -0.1) is 0 Å². The van der Waals surface area contributed by atoms with Gasteiger partial charge in [0, 0.05) is 19.5 Å². The molecule has 0 bridgehead atoms. The van der Waals surface area contributed by atoms with Crippen molar-refractivity contribution in [1.82, 2.24) is 10.2 Å². The molecule has 0 aliphatic rings. The lowest BCUT2D eigenvalue weighted by Crippen LogP contribution is -2.46. The number of carboxylic acid groups (broad SMARTS) is 1. The third-order valence-corrected chi connectivity index (χ3v) is 1.59. The molecule has 0 aromatic carbocycles. The van der Waals surface area contributed by atoms with Crippen molar-refractivity contribution < 1.29 is 19.5 Å². The number of carboxylic acids is 1. The standard InChI is InChI=1S/C9H16N2O4/c1-6(2)10-9(15)11(7(3)12)5-4-8(13)14/h6H,4-5H2,1-3H3,(H,10,15)(H,13,14). The van der Waals surface area contributed by atoms with E-state index in [0.717, 1.165) is 4.90 Å². The van der Waals surface area contributed by atoms with Crippen LogP contribution in [0.1, 0.15) is 27.2 Å². The second-order valence-corrected chi connectivity index (χ2v) is 3.42. The Balaban J connectivity index is 4.32. The third-order valence-electron chi connectivity index (χ3n) is 1.59. The van der Waals surface area contributed by atoms with Gasteiger partial charge < -0.3 is 10.4 Å². The number of nitrogens with zero attached hydrogens (tertiary/aromatic N) is 1. The lowest BCUT2D eigenvalue weighted by molar-refractivity contribution is -0.137. The van der Waals surface area contributed by atoms with Gasteiger partial charge in [0.05, 0.1) is 6.42 Å². The van der Waals surface area contributed by atoms with Gasteiger partial charge in [0.1, 0.15) is 0 Å². The highest BCUT2D eigenvalue weighted by Gasteiger charge is 2.18. The maximum Gasteiger partial charge on any atom is 0.324 e. The topological polar surface area (TPSA) is 86.7 Å². The first-order chi connectivity index (χ1) is 6.84. The molecule has 0 aromatic rings. The van der Waals surface area contributed by atoms with Gasteiger partial charge in [-0.1, -0.05) is 0 Å². The zero-order valence-electron chi connectivity index (χ0n) is 9.11. The average Bonchev–Trinajstić information content (AvgIpc) is 2.01. The second-order valence-electron chi connectivity index (χ2n) is 3.42. The van der Waals surface area contributed by atoms with Crippen LogP contribution in [0.3, 0.4) is 0 Å². The van der Waals surface area contributed by atoms with Gasteiger partial charge in [0.2, 0.25) is 5.91 Å². The molecular formula is C9H16N2O4. The van der Waals surface area contributed by atoms with Crippen molar-refractivity contribution in [3.8, 4) is 0 Å². The van der Waals surface area contributed by atoms with Gasteiger partial charge in [-0.25, -0.2) is 4.79 Å². The number of amides is 3. The molecule has 3 amide bonds. The van der Waals surface area contributed by atoms with Crippen molar-refractivity contribution in [3.05, 3.63) is 0 Å². The highest BCUT2D eigenvalue weighted by molar-refractivity contribution is 5.93. The molecule has 0 rings (SSSR count). The van der Waals surface area contributed by atoms with E-state index in [4.69, 9.17) is 5.11 Å². The lowest BCUT2D eigenvalue weighted by Gasteiger charge is -2.20. The number of urea groups is 1. The molecule has 0 radical (unpaired) electrons. The summed E-state index contributed by atoms with van der Waals surface area (Å²) < 4.78 is 0. The number of carbonyl (C=O) groups is 3. The molecule has 0 fully saturated rings. The summed E-state index contributed by atoms with van der Waals surface area (Å²) in [7, 11) is 0. The maximum absolute atomic E-state index is 11.4. The van der Waals surface area contributed by atoms with E-state index in [0.29, 0.717) is 0 Å². The van der Waals surface area contributed by atoms with Crippen molar-refractivity contribution >= 4 is 17.9 Å². The van der Waals surface area contributed by atoms with Crippen LogP contribution in [0.15, 0.2) is 0 Å². The van der Waals surface area contributed by atoms with Crippen LogP contribution in [0.4, 0.5) is 4.79 Å². The van der Waals surface area contributed by atoms with E-state index in [-0.39, 0.29) is 19.0 Å². The monoisotopic (exact) mass is 216 g/mol. The predicted molar refractivity (Wildman–Crippen MR) is 53.3 cm³/mol. The first-order valence-corrected chi connectivity index (χ1v) is 4.65. The fraction of sp³-hybridized carbons (Fsp3) is 0.667. The van der Waals surface area contributed by atoms with E-state index in [9.17, 15) is 14.4 Å². The summed E-state index contributed by atoms with van der Waals surface area (Å²) in [6.07, 6.45) is -0.245. The minimum atomic E-state index is -1.04. The molecule has 0 aliphatic carbocycles. The summed E-state index contributed by atoms with van der Waals surface area (Å²) in [5.41, 5.74) is 0. The Morgan fingerprint density at radius 1 is 1.33 bits per heavy atom. The summed E-state index contributed by atoms with van der Waals surface area (Å²) in [5, 5.41) is 11.0. The van der Waals surface area contributed by atoms with Crippen LogP contribution >= 0.6 is 0 Å². The molecule has 0 saturated carbocycles. The molecule has 86 valence electrons. The quantitative estimate of drug-likeness (QED) is 0.713. The molecule has 2 N–H and O–H groups in total. The molecule has 15 heavy (non-hydrogen) atoms. The summed E-state index contributed by atoms with van der Waals surface area (Å²) in [6.45, 7) is 4.63. The third kappa shape index (κ3) is 5.66. The van der Waals surface area contributed by atoms with Crippen LogP contribution in [0.2, 0.25) is 0 Å². The SMILES string of the molecule is CC(=O)N(CCC(=O)O)C(=O)NC(C)C. The number of aliphatic carboxylic acids is 1. The Labute approximate surface area is 88.2 Å². The lowest BCUT2D eigenvalue weighted by atomic mass is 10.3. The van der Waals surface area contributed by atoms with Gasteiger partial charge in [-0.2, -0.15) is 0 Å². The molecule has 0 atom stereocenters. The van der Waals surface area contributed by atoms with Gasteiger partial charge in [-0.05, 0) is 13.8 Å². The molecule has 6 heteroatoms. The Morgan fingerprint density at radius 2 is 1.87 bits per heavy atom. The highest BCUT2D eigenvalue weighted by Crippen LogP contribution is 1.95. The largest absolute Gasteiger partial charge is 0.481 e. The van der Waals surface area contributed by atoms with Crippen LogP contribution in [0.5, 0.6) is 0 Å². The Kier molecular flexibility index (Phi) is 5.36. The Hall–Kier alpha value is -1.59. The summed E-state index contributed by atoms with van der Waals surface area (Å²) in [5.74, 6) is -1.51. The van der Waals surface area contributed by atoms with Crippen molar-refractivity contribution in [1.29, 1.82) is 0 Å². The van der Waals surface area contributed by atoms with E-state index >= 15 is 0 Å². The zero-order valence-corrected chi connectivity index (χ0v) is 9.11. The minimum Gasteiger partial charge on any atom is -0.481 e. The highest BCUT2D eigenvalue weighted by atomic mass is 16.4. The average molecular weight is 216 g/mol. The fourth-order valence-electron chi connectivity index (χ4n) is 0.934. The first-order valence-electron chi connectivity index (χ1n) is 4.65. The van der Waals surface area contributed by atoms with E-state index in [2.05, 4.69) is 5.32 Å². The number of hydrogen-bond donors (Lipinski definition) is 2. The van der Waals surface area contributed by atoms with Crippen LogP contribution in [0.25, 0.3) is 0 Å². The smallest absolute Gasteiger partial charge is 0.324 e. The number of nitrogens with one attached hydrogen (secondary N) is 1. The Morgan fingerprint density at radius 3 is 2.20 bits per heavy atom. The molecule has 0 aromatic heterocycles. The zero-order chi connectivity index (χ0) is 12.0. The first kappa shape index (κ1) is 13.4. The maximum atomic E-state index is 11.4. The molecule has 6 nitrogen and oxygen atoms in total. The normalized spacial score (nSPS) is 9.87. The number of imide groups is 1. The van der Waals surface area contributed by atoms with Gasteiger partial charge in [0.15, 0.2) is 0 Å². The van der Waals surface area contributed by atoms with Crippen molar-refractivity contribution in [3.63, 3.8) is 0 Å². The molecular weight excluding hydrogens is 200 g/mol. The summed E-state index contributed by atoms with van der Waals surface area (Å²) >= 11 is 0. The fourth-order valence-corrected chi connectivity index (χ4v) is 0.934. The van der Waals surface area contributed by atoms with Crippen LogP contribution in [-0.4, -0.2) is 40.5 Å². The molecule has 0 aliphatic heterocycles.